The highest BCUT2D eigenvalue weighted by atomic mass is 16.6. The van der Waals surface area contributed by atoms with Gasteiger partial charge in [-0.3, -0.25) is 10.1 Å². The first kappa shape index (κ1) is 18.0. The van der Waals surface area contributed by atoms with Crippen LogP contribution in [0, 0.1) is 10.1 Å². The van der Waals surface area contributed by atoms with Crippen LogP contribution in [0.5, 0.6) is 0 Å². The minimum atomic E-state index is -0.337. The largest absolute Gasteiger partial charge is 0.492 e. The summed E-state index contributed by atoms with van der Waals surface area (Å²) in [7, 11) is 0. The van der Waals surface area contributed by atoms with Crippen molar-refractivity contribution in [3.05, 3.63) is 70.1 Å². The number of benzene rings is 1. The Hall–Kier alpha value is -2.34. The first-order chi connectivity index (χ1) is 11.6. The lowest BCUT2D eigenvalue weighted by atomic mass is 9.97. The Labute approximate surface area is 142 Å². The Balaban J connectivity index is 2.34. The lowest BCUT2D eigenvalue weighted by molar-refractivity contribution is -0.481. The summed E-state index contributed by atoms with van der Waals surface area (Å²) in [5.41, 5.74) is 1.72. The third-order valence-corrected chi connectivity index (χ3v) is 3.89. The molecule has 6 heteroatoms. The molecule has 0 N–H and O–H groups in total. The fraction of sp³-hybridized carbons (Fsp3) is 0.444. The molecule has 1 saturated heterocycles. The van der Waals surface area contributed by atoms with Gasteiger partial charge in [-0.2, -0.15) is 0 Å². The highest BCUT2D eigenvalue weighted by molar-refractivity contribution is 5.31. The van der Waals surface area contributed by atoms with Crippen molar-refractivity contribution in [2.75, 3.05) is 39.5 Å². The third kappa shape index (κ3) is 5.09. The van der Waals surface area contributed by atoms with Crippen molar-refractivity contribution in [2.24, 2.45) is 0 Å². The van der Waals surface area contributed by atoms with Gasteiger partial charge in [0, 0.05) is 18.0 Å². The van der Waals surface area contributed by atoms with Crippen LogP contribution < -0.4 is 0 Å². The van der Waals surface area contributed by atoms with Crippen LogP contribution in [-0.2, 0) is 9.47 Å². The molecule has 1 aromatic rings. The second-order valence-electron chi connectivity index (χ2n) is 5.54. The minimum absolute atomic E-state index is 0.169. The van der Waals surface area contributed by atoms with Crippen LogP contribution in [0.4, 0.5) is 0 Å². The zero-order valence-corrected chi connectivity index (χ0v) is 14.0. The number of hydrogen-bond acceptors (Lipinski definition) is 5. The maximum absolute atomic E-state index is 11.1. The maximum Gasteiger partial charge on any atom is 0.214 e. The van der Waals surface area contributed by atoms with E-state index < -0.39 is 0 Å². The van der Waals surface area contributed by atoms with E-state index in [1.165, 1.54) is 0 Å². The van der Waals surface area contributed by atoms with Crippen LogP contribution in [0.25, 0.3) is 0 Å². The summed E-state index contributed by atoms with van der Waals surface area (Å²) >= 11 is 0. The van der Waals surface area contributed by atoms with Crippen LogP contribution in [-0.4, -0.2) is 49.3 Å². The van der Waals surface area contributed by atoms with Gasteiger partial charge in [0.05, 0.1) is 31.4 Å². The molecule has 0 spiro atoms. The molecular formula is C18H24N2O4. The van der Waals surface area contributed by atoms with Gasteiger partial charge in [-0.25, -0.2) is 0 Å². The molecule has 1 aliphatic heterocycles. The summed E-state index contributed by atoms with van der Waals surface area (Å²) in [6, 6.07) is 9.50. The van der Waals surface area contributed by atoms with Gasteiger partial charge in [-0.1, -0.05) is 36.9 Å². The molecule has 0 aliphatic carbocycles. The van der Waals surface area contributed by atoms with Crippen molar-refractivity contribution in [3.8, 4) is 0 Å². The van der Waals surface area contributed by atoms with Gasteiger partial charge in [0.1, 0.15) is 5.76 Å². The fourth-order valence-corrected chi connectivity index (χ4v) is 2.73. The Kier molecular flexibility index (Phi) is 6.81. The highest BCUT2D eigenvalue weighted by Crippen LogP contribution is 2.25. The van der Waals surface area contributed by atoms with E-state index in [4.69, 9.17) is 9.47 Å². The minimum Gasteiger partial charge on any atom is -0.492 e. The zero-order valence-electron chi connectivity index (χ0n) is 14.0. The van der Waals surface area contributed by atoms with Crippen molar-refractivity contribution >= 4 is 0 Å². The molecule has 0 aromatic heterocycles. The Morgan fingerprint density at radius 2 is 2.08 bits per heavy atom. The van der Waals surface area contributed by atoms with E-state index in [9.17, 15) is 10.1 Å². The van der Waals surface area contributed by atoms with Crippen molar-refractivity contribution in [3.63, 3.8) is 0 Å². The van der Waals surface area contributed by atoms with Crippen LogP contribution in [0.3, 0.4) is 0 Å². The average Bonchev–Trinajstić information content (AvgIpc) is 2.60. The van der Waals surface area contributed by atoms with E-state index in [1.54, 1.807) is 0 Å². The molecule has 0 radical (unpaired) electrons. The summed E-state index contributed by atoms with van der Waals surface area (Å²) in [5, 5.41) is 11.1. The molecule has 2 rings (SSSR count). The standard InChI is InChI=1S/C18H24N2O4/c1-3-24-15(2)18(19-9-11-23-12-10-19)13-17(14-20(21)22)16-7-5-4-6-8-16/h4-8,13,17H,2-3,9-12,14H2,1H3/b18-13-. The summed E-state index contributed by atoms with van der Waals surface area (Å²) < 4.78 is 11.0. The fourth-order valence-electron chi connectivity index (χ4n) is 2.73. The summed E-state index contributed by atoms with van der Waals surface area (Å²) in [5.74, 6) is 0.208. The van der Waals surface area contributed by atoms with Crippen molar-refractivity contribution < 1.29 is 14.4 Å². The number of nitro groups is 1. The number of morpholine rings is 1. The van der Waals surface area contributed by atoms with E-state index in [0.717, 1.165) is 24.4 Å². The first-order valence-electron chi connectivity index (χ1n) is 8.15. The average molecular weight is 332 g/mol. The molecule has 0 bridgehead atoms. The molecule has 1 fully saturated rings. The lowest BCUT2D eigenvalue weighted by Gasteiger charge is -2.32. The molecule has 1 atom stereocenters. The molecule has 130 valence electrons. The predicted molar refractivity (Wildman–Crippen MR) is 92.3 cm³/mol. The van der Waals surface area contributed by atoms with E-state index in [0.29, 0.717) is 25.6 Å². The highest BCUT2D eigenvalue weighted by Gasteiger charge is 2.22. The van der Waals surface area contributed by atoms with E-state index >= 15 is 0 Å². The van der Waals surface area contributed by atoms with Crippen LogP contribution >= 0.6 is 0 Å². The SMILES string of the molecule is C=C(OCC)/C(=C/C(C[N+](=O)[O-])c1ccccc1)N1CCOCC1. The van der Waals surface area contributed by atoms with Crippen molar-refractivity contribution in [2.45, 2.75) is 12.8 Å². The molecule has 6 nitrogen and oxygen atoms in total. The second kappa shape index (κ2) is 9.08. The van der Waals surface area contributed by atoms with Gasteiger partial charge in [-0.15, -0.1) is 0 Å². The van der Waals surface area contributed by atoms with Gasteiger partial charge >= 0.3 is 0 Å². The number of ether oxygens (including phenoxy) is 2. The molecule has 1 aliphatic rings. The summed E-state index contributed by atoms with van der Waals surface area (Å²) in [6.07, 6.45) is 1.90. The second-order valence-corrected chi connectivity index (χ2v) is 5.54. The van der Waals surface area contributed by atoms with Gasteiger partial charge in [0.25, 0.3) is 0 Å². The summed E-state index contributed by atoms with van der Waals surface area (Å²) in [6.45, 7) is 8.93. The molecule has 1 unspecified atom stereocenters. The Morgan fingerprint density at radius 3 is 2.67 bits per heavy atom. The first-order valence-corrected chi connectivity index (χ1v) is 8.15. The molecule has 0 amide bonds. The quantitative estimate of drug-likeness (QED) is 0.317. The zero-order chi connectivity index (χ0) is 17.4. The third-order valence-electron chi connectivity index (χ3n) is 3.89. The molecule has 1 heterocycles. The topological polar surface area (TPSA) is 64.8 Å². The van der Waals surface area contributed by atoms with Crippen LogP contribution in [0.1, 0.15) is 18.4 Å². The van der Waals surface area contributed by atoms with Gasteiger partial charge in [0.2, 0.25) is 6.54 Å². The predicted octanol–water partition coefficient (Wildman–Crippen LogP) is 2.81. The number of nitrogens with zero attached hydrogens (tertiary/aromatic N) is 2. The van der Waals surface area contributed by atoms with Crippen molar-refractivity contribution in [1.82, 2.24) is 4.90 Å². The number of hydrogen-bond donors (Lipinski definition) is 0. The van der Waals surface area contributed by atoms with Gasteiger partial charge in [-0.05, 0) is 18.6 Å². The molecule has 24 heavy (non-hydrogen) atoms. The lowest BCUT2D eigenvalue weighted by Crippen LogP contribution is -2.36. The van der Waals surface area contributed by atoms with Gasteiger partial charge in [0.15, 0.2) is 0 Å². The van der Waals surface area contributed by atoms with Crippen LogP contribution in [0.15, 0.2) is 54.4 Å². The molecule has 0 saturated carbocycles. The Bertz CT molecular complexity index is 580. The van der Waals surface area contributed by atoms with Crippen molar-refractivity contribution in [1.29, 1.82) is 0 Å². The maximum atomic E-state index is 11.1. The normalized spacial score (nSPS) is 16.5. The van der Waals surface area contributed by atoms with E-state index in [2.05, 4.69) is 11.5 Å². The number of rotatable bonds is 8. The monoisotopic (exact) mass is 332 g/mol. The smallest absolute Gasteiger partial charge is 0.214 e. The van der Waals surface area contributed by atoms with E-state index in [-0.39, 0.29) is 17.4 Å². The van der Waals surface area contributed by atoms with Crippen LogP contribution in [0.2, 0.25) is 0 Å². The molecule has 1 aromatic carbocycles. The van der Waals surface area contributed by atoms with E-state index in [1.807, 2.05) is 43.3 Å². The van der Waals surface area contributed by atoms with Gasteiger partial charge < -0.3 is 14.4 Å². The summed E-state index contributed by atoms with van der Waals surface area (Å²) in [4.78, 5) is 13.0. The Morgan fingerprint density at radius 1 is 1.42 bits per heavy atom. The molecular weight excluding hydrogens is 308 g/mol.